The summed E-state index contributed by atoms with van der Waals surface area (Å²) in [6.45, 7) is 1.63. The number of anilines is 1. The third-order valence-electron chi connectivity index (χ3n) is 4.81. The lowest BCUT2D eigenvalue weighted by atomic mass is 10.0. The number of nitrogens with two attached hydrogens (primary N) is 1. The normalized spacial score (nSPS) is 18.5. The molecule has 1 unspecified atom stereocenters. The van der Waals surface area contributed by atoms with Gasteiger partial charge in [0.1, 0.15) is 11.6 Å². The van der Waals surface area contributed by atoms with Crippen LogP contribution >= 0.6 is 0 Å². The molecule has 0 aliphatic carbocycles. The van der Waals surface area contributed by atoms with Crippen molar-refractivity contribution in [3.8, 4) is 0 Å². The zero-order valence-electron chi connectivity index (χ0n) is 15.0. The topological polar surface area (TPSA) is 64.3 Å². The van der Waals surface area contributed by atoms with Gasteiger partial charge in [-0.2, -0.15) is 13.2 Å². The number of ether oxygens (including phenoxy) is 1. The monoisotopic (exact) mass is 388 g/mol. The van der Waals surface area contributed by atoms with Crippen molar-refractivity contribution in [1.29, 1.82) is 0 Å². The SMILES string of the molecule is Nc1nc(CN2CCOC(c3ccccc3C(F)(F)F)C2)nc2ccccc12. The fraction of sp³-hybridized carbons (Fsp3) is 0.300. The Morgan fingerprint density at radius 3 is 2.64 bits per heavy atom. The fourth-order valence-corrected chi connectivity index (χ4v) is 3.49. The Kier molecular flexibility index (Phi) is 4.91. The van der Waals surface area contributed by atoms with E-state index in [0.717, 1.165) is 17.0 Å². The van der Waals surface area contributed by atoms with Crippen molar-refractivity contribution in [2.24, 2.45) is 0 Å². The molecule has 0 amide bonds. The number of para-hydroxylation sites is 1. The van der Waals surface area contributed by atoms with Gasteiger partial charge in [0.25, 0.3) is 0 Å². The van der Waals surface area contributed by atoms with Crippen LogP contribution in [0.1, 0.15) is 23.1 Å². The summed E-state index contributed by atoms with van der Waals surface area (Å²) < 4.78 is 45.7. The standard InChI is InChI=1S/C20H19F3N4O/c21-20(22,23)15-7-3-1-5-13(15)17-11-27(9-10-28-17)12-18-25-16-8-4-2-6-14(16)19(24)26-18/h1-8,17H,9-12H2,(H2,24,25,26). The molecule has 1 atom stereocenters. The number of halogens is 3. The van der Waals surface area contributed by atoms with Crippen molar-refractivity contribution in [2.75, 3.05) is 25.4 Å². The van der Waals surface area contributed by atoms with Crippen LogP contribution in [0.5, 0.6) is 0 Å². The third kappa shape index (κ3) is 3.79. The molecule has 1 saturated heterocycles. The Labute approximate surface area is 160 Å². The first kappa shape index (κ1) is 18.6. The lowest BCUT2D eigenvalue weighted by Crippen LogP contribution is -2.38. The largest absolute Gasteiger partial charge is 0.416 e. The van der Waals surface area contributed by atoms with Gasteiger partial charge in [-0.1, -0.05) is 30.3 Å². The van der Waals surface area contributed by atoms with Gasteiger partial charge >= 0.3 is 6.18 Å². The second kappa shape index (κ2) is 7.37. The second-order valence-corrected chi connectivity index (χ2v) is 6.72. The smallest absolute Gasteiger partial charge is 0.383 e. The molecule has 2 heterocycles. The third-order valence-corrected chi connectivity index (χ3v) is 4.81. The molecular weight excluding hydrogens is 369 g/mol. The van der Waals surface area contributed by atoms with Crippen molar-refractivity contribution < 1.29 is 17.9 Å². The number of morpholine rings is 1. The first-order valence-corrected chi connectivity index (χ1v) is 8.93. The molecule has 1 aliphatic heterocycles. The number of hydrogen-bond donors (Lipinski definition) is 1. The molecule has 0 bridgehead atoms. The number of aromatic nitrogens is 2. The molecule has 28 heavy (non-hydrogen) atoms. The van der Waals surface area contributed by atoms with Crippen LogP contribution < -0.4 is 5.73 Å². The fourth-order valence-electron chi connectivity index (χ4n) is 3.49. The van der Waals surface area contributed by atoms with Gasteiger partial charge in [0.05, 0.1) is 30.3 Å². The molecule has 3 aromatic rings. The first-order valence-electron chi connectivity index (χ1n) is 8.93. The van der Waals surface area contributed by atoms with Crippen LogP contribution in [-0.2, 0) is 17.5 Å². The van der Waals surface area contributed by atoms with Gasteiger partial charge in [0, 0.05) is 18.5 Å². The molecule has 5 nitrogen and oxygen atoms in total. The van der Waals surface area contributed by atoms with Crippen LogP contribution in [0.3, 0.4) is 0 Å². The molecule has 1 aliphatic rings. The molecule has 1 aromatic heterocycles. The Hall–Kier alpha value is -2.71. The predicted octanol–water partition coefficient (Wildman–Crippen LogP) is 3.80. The summed E-state index contributed by atoms with van der Waals surface area (Å²) in [5.41, 5.74) is 6.27. The van der Waals surface area contributed by atoms with Gasteiger partial charge in [-0.05, 0) is 23.8 Å². The zero-order chi connectivity index (χ0) is 19.7. The van der Waals surface area contributed by atoms with Crippen LogP contribution in [0.2, 0.25) is 0 Å². The maximum atomic E-state index is 13.3. The lowest BCUT2D eigenvalue weighted by Gasteiger charge is -2.33. The van der Waals surface area contributed by atoms with E-state index in [9.17, 15) is 13.2 Å². The Morgan fingerprint density at radius 2 is 1.82 bits per heavy atom. The van der Waals surface area contributed by atoms with Crippen molar-refractivity contribution in [1.82, 2.24) is 14.9 Å². The number of nitrogens with zero attached hydrogens (tertiary/aromatic N) is 3. The van der Waals surface area contributed by atoms with E-state index in [1.807, 2.05) is 29.2 Å². The van der Waals surface area contributed by atoms with E-state index in [1.165, 1.54) is 12.1 Å². The predicted molar refractivity (Wildman–Crippen MR) is 99.4 cm³/mol. The number of hydrogen-bond acceptors (Lipinski definition) is 5. The number of fused-ring (bicyclic) bond motifs is 1. The van der Waals surface area contributed by atoms with Crippen molar-refractivity contribution in [2.45, 2.75) is 18.8 Å². The molecule has 8 heteroatoms. The summed E-state index contributed by atoms with van der Waals surface area (Å²) in [7, 11) is 0. The van der Waals surface area contributed by atoms with E-state index in [0.29, 0.717) is 37.9 Å². The van der Waals surface area contributed by atoms with Gasteiger partial charge in [-0.25, -0.2) is 9.97 Å². The highest BCUT2D eigenvalue weighted by Crippen LogP contribution is 2.36. The van der Waals surface area contributed by atoms with Gasteiger partial charge < -0.3 is 10.5 Å². The highest BCUT2D eigenvalue weighted by molar-refractivity contribution is 5.87. The minimum Gasteiger partial charge on any atom is -0.383 e. The minimum absolute atomic E-state index is 0.152. The van der Waals surface area contributed by atoms with Gasteiger partial charge in [0.15, 0.2) is 0 Å². The summed E-state index contributed by atoms with van der Waals surface area (Å²) in [4.78, 5) is 10.9. The van der Waals surface area contributed by atoms with E-state index in [-0.39, 0.29) is 5.56 Å². The minimum atomic E-state index is -4.42. The number of benzene rings is 2. The van der Waals surface area contributed by atoms with Crippen LogP contribution in [0.4, 0.5) is 19.0 Å². The molecule has 2 N–H and O–H groups in total. The van der Waals surface area contributed by atoms with E-state index in [1.54, 1.807) is 6.07 Å². The Morgan fingerprint density at radius 1 is 1.07 bits per heavy atom. The zero-order valence-corrected chi connectivity index (χ0v) is 15.0. The average molecular weight is 388 g/mol. The maximum absolute atomic E-state index is 13.3. The van der Waals surface area contributed by atoms with Crippen LogP contribution in [0.25, 0.3) is 10.9 Å². The van der Waals surface area contributed by atoms with Crippen molar-refractivity contribution >= 4 is 16.7 Å². The quantitative estimate of drug-likeness (QED) is 0.739. The summed E-state index contributed by atoms with van der Waals surface area (Å²) >= 11 is 0. The van der Waals surface area contributed by atoms with Crippen LogP contribution in [0.15, 0.2) is 48.5 Å². The molecule has 1 fully saturated rings. The highest BCUT2D eigenvalue weighted by atomic mass is 19.4. The van der Waals surface area contributed by atoms with Crippen LogP contribution in [-0.4, -0.2) is 34.6 Å². The summed E-state index contributed by atoms with van der Waals surface area (Å²) in [5, 5.41) is 0.783. The van der Waals surface area contributed by atoms with E-state index < -0.39 is 17.8 Å². The van der Waals surface area contributed by atoms with Gasteiger partial charge in [-0.15, -0.1) is 0 Å². The number of nitrogen functional groups attached to an aromatic ring is 1. The van der Waals surface area contributed by atoms with Gasteiger partial charge in [0.2, 0.25) is 0 Å². The van der Waals surface area contributed by atoms with Crippen LogP contribution in [0, 0.1) is 0 Å². The highest BCUT2D eigenvalue weighted by Gasteiger charge is 2.36. The van der Waals surface area contributed by atoms with Gasteiger partial charge in [-0.3, -0.25) is 4.90 Å². The van der Waals surface area contributed by atoms with E-state index in [4.69, 9.17) is 10.5 Å². The molecule has 0 spiro atoms. The number of rotatable bonds is 3. The summed E-state index contributed by atoms with van der Waals surface area (Å²) in [6, 6.07) is 13.0. The first-order chi connectivity index (χ1) is 13.4. The Bertz CT molecular complexity index is 993. The van der Waals surface area contributed by atoms with Crippen molar-refractivity contribution in [3.63, 3.8) is 0 Å². The summed E-state index contributed by atoms with van der Waals surface area (Å²) in [5.74, 6) is 0.939. The average Bonchev–Trinajstić information content (AvgIpc) is 2.68. The summed E-state index contributed by atoms with van der Waals surface area (Å²) in [6.07, 6.45) is -5.08. The molecule has 146 valence electrons. The lowest BCUT2D eigenvalue weighted by molar-refractivity contribution is -0.140. The molecule has 0 radical (unpaired) electrons. The second-order valence-electron chi connectivity index (χ2n) is 6.72. The van der Waals surface area contributed by atoms with Crippen molar-refractivity contribution in [3.05, 3.63) is 65.5 Å². The Balaban J connectivity index is 1.56. The molecular formula is C20H19F3N4O. The maximum Gasteiger partial charge on any atom is 0.416 e. The molecule has 4 rings (SSSR count). The molecule has 0 saturated carbocycles. The van der Waals surface area contributed by atoms with E-state index in [2.05, 4.69) is 9.97 Å². The number of alkyl halides is 3. The molecule has 2 aromatic carbocycles. The van der Waals surface area contributed by atoms with E-state index >= 15 is 0 Å².